The molecule has 0 saturated heterocycles. The Hall–Kier alpha value is -0.870. The number of nitrogens with zero attached hydrogens (tertiary/aromatic N) is 3. The minimum Gasteiger partial charge on any atom is -0.311 e. The lowest BCUT2D eigenvalue weighted by atomic mass is 10.2. The zero-order valence-electron chi connectivity index (χ0n) is 13.5. The molecule has 0 unspecified atom stereocenters. The average Bonchev–Trinajstić information content (AvgIpc) is 2.63. The Morgan fingerprint density at radius 1 is 1.21 bits per heavy atom. The van der Waals surface area contributed by atoms with Crippen molar-refractivity contribution in [1.29, 1.82) is 0 Å². The number of hydrogen-bond donors (Lipinski definition) is 1. The highest BCUT2D eigenvalue weighted by Crippen LogP contribution is 2.10. The van der Waals surface area contributed by atoms with E-state index in [0.717, 1.165) is 38.4 Å². The Kier molecular flexibility index (Phi) is 6.52. The summed E-state index contributed by atoms with van der Waals surface area (Å²) < 4.78 is 2.11. The highest BCUT2D eigenvalue weighted by atomic mass is 15.3. The summed E-state index contributed by atoms with van der Waals surface area (Å²) in [5.74, 6) is 0. The quantitative estimate of drug-likeness (QED) is 0.782. The molecule has 0 bridgehead atoms. The SMILES string of the molecule is CCN(CC)C[C@@H](C)NCCn1nc(C)c(C)c1C. The summed E-state index contributed by atoms with van der Waals surface area (Å²) in [6.07, 6.45) is 0. The van der Waals surface area contributed by atoms with Crippen LogP contribution in [0.25, 0.3) is 0 Å². The fraction of sp³-hybridized carbons (Fsp3) is 0.800. The highest BCUT2D eigenvalue weighted by molar-refractivity contribution is 5.22. The van der Waals surface area contributed by atoms with E-state index >= 15 is 0 Å². The Morgan fingerprint density at radius 3 is 2.32 bits per heavy atom. The first-order valence-electron chi connectivity index (χ1n) is 7.45. The Morgan fingerprint density at radius 2 is 1.84 bits per heavy atom. The smallest absolute Gasteiger partial charge is 0.0625 e. The largest absolute Gasteiger partial charge is 0.311 e. The van der Waals surface area contributed by atoms with E-state index in [-0.39, 0.29) is 0 Å². The van der Waals surface area contributed by atoms with E-state index in [1.807, 2.05) is 0 Å². The minimum atomic E-state index is 0.526. The van der Waals surface area contributed by atoms with E-state index in [1.165, 1.54) is 11.3 Å². The molecule has 0 aromatic carbocycles. The maximum Gasteiger partial charge on any atom is 0.0625 e. The van der Waals surface area contributed by atoms with Gasteiger partial charge in [-0.15, -0.1) is 0 Å². The molecular formula is C15H30N4. The maximum absolute atomic E-state index is 4.57. The van der Waals surface area contributed by atoms with Crippen molar-refractivity contribution in [1.82, 2.24) is 20.0 Å². The van der Waals surface area contributed by atoms with Crippen molar-refractivity contribution in [2.45, 2.75) is 54.1 Å². The van der Waals surface area contributed by atoms with Crippen molar-refractivity contribution in [2.75, 3.05) is 26.2 Å². The van der Waals surface area contributed by atoms with Crippen LogP contribution in [0.4, 0.5) is 0 Å². The predicted molar refractivity (Wildman–Crippen MR) is 81.7 cm³/mol. The van der Waals surface area contributed by atoms with E-state index < -0.39 is 0 Å². The molecular weight excluding hydrogens is 236 g/mol. The summed E-state index contributed by atoms with van der Waals surface area (Å²) in [6.45, 7) is 18.3. The van der Waals surface area contributed by atoms with Crippen LogP contribution in [0.5, 0.6) is 0 Å². The van der Waals surface area contributed by atoms with Gasteiger partial charge in [0.15, 0.2) is 0 Å². The second-order valence-corrected chi connectivity index (χ2v) is 5.36. The molecule has 1 rings (SSSR count). The lowest BCUT2D eigenvalue weighted by Gasteiger charge is -2.23. The van der Waals surface area contributed by atoms with Crippen molar-refractivity contribution >= 4 is 0 Å². The van der Waals surface area contributed by atoms with Gasteiger partial charge in [-0.2, -0.15) is 5.10 Å². The van der Waals surface area contributed by atoms with E-state index in [1.54, 1.807) is 0 Å². The second kappa shape index (κ2) is 7.65. The molecule has 0 fully saturated rings. The van der Waals surface area contributed by atoms with Crippen LogP contribution < -0.4 is 5.32 Å². The summed E-state index contributed by atoms with van der Waals surface area (Å²) in [6, 6.07) is 0.526. The molecule has 0 spiro atoms. The molecule has 19 heavy (non-hydrogen) atoms. The Labute approximate surface area is 118 Å². The van der Waals surface area contributed by atoms with Gasteiger partial charge in [0.2, 0.25) is 0 Å². The van der Waals surface area contributed by atoms with Crippen molar-refractivity contribution in [3.63, 3.8) is 0 Å². The van der Waals surface area contributed by atoms with Crippen LogP contribution in [-0.4, -0.2) is 46.9 Å². The lowest BCUT2D eigenvalue weighted by Crippen LogP contribution is -2.40. The second-order valence-electron chi connectivity index (χ2n) is 5.36. The number of likely N-dealkylation sites (N-methyl/N-ethyl adjacent to an activating group) is 1. The van der Waals surface area contributed by atoms with Gasteiger partial charge in [-0.25, -0.2) is 0 Å². The van der Waals surface area contributed by atoms with Gasteiger partial charge in [0.1, 0.15) is 0 Å². The first-order valence-corrected chi connectivity index (χ1v) is 7.45. The molecule has 1 aromatic heterocycles. The number of aryl methyl sites for hydroxylation is 1. The average molecular weight is 266 g/mol. The van der Waals surface area contributed by atoms with Gasteiger partial charge >= 0.3 is 0 Å². The molecule has 4 heteroatoms. The molecule has 0 aliphatic rings. The van der Waals surface area contributed by atoms with Crippen molar-refractivity contribution in [3.05, 3.63) is 17.0 Å². The lowest BCUT2D eigenvalue weighted by molar-refractivity contribution is 0.270. The summed E-state index contributed by atoms with van der Waals surface area (Å²) in [7, 11) is 0. The summed E-state index contributed by atoms with van der Waals surface area (Å²) in [4.78, 5) is 2.45. The predicted octanol–water partition coefficient (Wildman–Crippen LogP) is 2.13. The van der Waals surface area contributed by atoms with E-state index in [9.17, 15) is 0 Å². The van der Waals surface area contributed by atoms with Crippen LogP contribution in [0, 0.1) is 20.8 Å². The summed E-state index contributed by atoms with van der Waals surface area (Å²) in [5, 5.41) is 8.15. The van der Waals surface area contributed by atoms with Gasteiger partial charge in [0.25, 0.3) is 0 Å². The summed E-state index contributed by atoms with van der Waals surface area (Å²) >= 11 is 0. The fourth-order valence-electron chi connectivity index (χ4n) is 2.35. The Bertz CT molecular complexity index is 380. The van der Waals surface area contributed by atoms with E-state index in [2.05, 4.69) is 61.5 Å². The molecule has 0 saturated carbocycles. The van der Waals surface area contributed by atoms with Crippen LogP contribution in [0.2, 0.25) is 0 Å². The fourth-order valence-corrected chi connectivity index (χ4v) is 2.35. The van der Waals surface area contributed by atoms with Crippen LogP contribution in [-0.2, 0) is 6.54 Å². The third kappa shape index (κ3) is 4.62. The first kappa shape index (κ1) is 16.2. The third-order valence-corrected chi connectivity index (χ3v) is 3.99. The molecule has 0 radical (unpaired) electrons. The first-order chi connectivity index (χ1) is 8.99. The maximum atomic E-state index is 4.57. The number of hydrogen-bond acceptors (Lipinski definition) is 3. The van der Waals surface area contributed by atoms with E-state index in [0.29, 0.717) is 6.04 Å². The standard InChI is InChI=1S/C15H30N4/c1-7-18(8-2)11-12(3)16-9-10-19-15(6)13(4)14(5)17-19/h12,16H,7-11H2,1-6H3/t12-/m1/s1. The molecule has 1 aromatic rings. The van der Waals surface area contributed by atoms with Crippen molar-refractivity contribution in [2.24, 2.45) is 0 Å². The van der Waals surface area contributed by atoms with Crippen LogP contribution >= 0.6 is 0 Å². The van der Waals surface area contributed by atoms with Crippen LogP contribution in [0.3, 0.4) is 0 Å². The highest BCUT2D eigenvalue weighted by Gasteiger charge is 2.08. The topological polar surface area (TPSA) is 33.1 Å². The minimum absolute atomic E-state index is 0.526. The molecule has 1 heterocycles. The molecule has 0 aliphatic heterocycles. The molecule has 0 amide bonds. The number of aromatic nitrogens is 2. The zero-order chi connectivity index (χ0) is 14.4. The molecule has 110 valence electrons. The van der Waals surface area contributed by atoms with Gasteiger partial charge in [0, 0.05) is 24.8 Å². The molecule has 0 aliphatic carbocycles. The molecule has 1 atom stereocenters. The Balaban J connectivity index is 2.35. The molecule has 4 nitrogen and oxygen atoms in total. The van der Waals surface area contributed by atoms with Crippen LogP contribution in [0.15, 0.2) is 0 Å². The normalized spacial score (nSPS) is 13.2. The molecule has 1 N–H and O–H groups in total. The third-order valence-electron chi connectivity index (χ3n) is 3.99. The van der Waals surface area contributed by atoms with Gasteiger partial charge in [-0.1, -0.05) is 13.8 Å². The van der Waals surface area contributed by atoms with Crippen molar-refractivity contribution in [3.8, 4) is 0 Å². The number of nitrogens with one attached hydrogen (secondary N) is 1. The van der Waals surface area contributed by atoms with Gasteiger partial charge in [0.05, 0.1) is 12.2 Å². The van der Waals surface area contributed by atoms with Gasteiger partial charge < -0.3 is 10.2 Å². The van der Waals surface area contributed by atoms with Gasteiger partial charge in [-0.3, -0.25) is 4.68 Å². The van der Waals surface area contributed by atoms with Gasteiger partial charge in [-0.05, 0) is 46.3 Å². The summed E-state index contributed by atoms with van der Waals surface area (Å²) in [5.41, 5.74) is 3.75. The monoisotopic (exact) mass is 266 g/mol. The zero-order valence-corrected chi connectivity index (χ0v) is 13.5. The van der Waals surface area contributed by atoms with Crippen molar-refractivity contribution < 1.29 is 0 Å². The van der Waals surface area contributed by atoms with Crippen LogP contribution in [0.1, 0.15) is 37.7 Å². The van der Waals surface area contributed by atoms with E-state index in [4.69, 9.17) is 0 Å². The number of rotatable bonds is 8.